The maximum atomic E-state index is 11.8. The van der Waals surface area contributed by atoms with Crippen molar-refractivity contribution in [2.45, 2.75) is 6.92 Å². The lowest BCUT2D eigenvalue weighted by Crippen LogP contribution is -2.09. The van der Waals surface area contributed by atoms with Gasteiger partial charge in [0, 0.05) is 11.6 Å². The van der Waals surface area contributed by atoms with Gasteiger partial charge in [0.05, 0.1) is 23.1 Å². The maximum absolute atomic E-state index is 11.8. The van der Waals surface area contributed by atoms with Gasteiger partial charge in [0.15, 0.2) is 10.3 Å². The second-order valence-electron chi connectivity index (χ2n) is 3.82. The van der Waals surface area contributed by atoms with Crippen LogP contribution in [0.2, 0.25) is 10.3 Å². The molecular weight excluding hydrogens is 309 g/mol. The Morgan fingerprint density at radius 2 is 1.95 bits per heavy atom. The predicted octanol–water partition coefficient (Wildman–Crippen LogP) is 2.94. The number of hydrogen-bond acceptors (Lipinski definition) is 6. The summed E-state index contributed by atoms with van der Waals surface area (Å²) < 4.78 is 4.62. The number of nitrogens with zero attached hydrogens (tertiary/aromatic N) is 3. The Labute approximate surface area is 122 Å². The molecule has 0 aliphatic heterocycles. The lowest BCUT2D eigenvalue weighted by atomic mass is 10.0. The van der Waals surface area contributed by atoms with Crippen molar-refractivity contribution < 1.29 is 14.5 Å². The fourth-order valence-corrected chi connectivity index (χ4v) is 2.04. The summed E-state index contributed by atoms with van der Waals surface area (Å²) in [7, 11) is 1.16. The van der Waals surface area contributed by atoms with Crippen LogP contribution in [0.25, 0.3) is 11.0 Å². The third kappa shape index (κ3) is 2.25. The van der Waals surface area contributed by atoms with Crippen LogP contribution in [0.1, 0.15) is 15.9 Å². The van der Waals surface area contributed by atoms with E-state index in [2.05, 4.69) is 14.7 Å². The molecule has 0 N–H and O–H groups in total. The fourth-order valence-electron chi connectivity index (χ4n) is 1.78. The molecule has 2 aromatic rings. The van der Waals surface area contributed by atoms with Crippen molar-refractivity contribution >= 4 is 45.9 Å². The van der Waals surface area contributed by atoms with Crippen LogP contribution in [-0.4, -0.2) is 28.0 Å². The van der Waals surface area contributed by atoms with Gasteiger partial charge < -0.3 is 4.74 Å². The summed E-state index contributed by atoms with van der Waals surface area (Å²) in [5, 5.41) is 10.8. The predicted molar refractivity (Wildman–Crippen MR) is 72.3 cm³/mol. The third-order valence-corrected chi connectivity index (χ3v) is 3.32. The van der Waals surface area contributed by atoms with Crippen LogP contribution in [-0.2, 0) is 4.74 Å². The van der Waals surface area contributed by atoms with Gasteiger partial charge in [-0.25, -0.2) is 14.8 Å². The molecule has 9 heteroatoms. The molecule has 20 heavy (non-hydrogen) atoms. The molecule has 0 atom stereocenters. The minimum absolute atomic E-state index is 0.0530. The quantitative estimate of drug-likeness (QED) is 0.480. The molecule has 0 spiro atoms. The summed E-state index contributed by atoms with van der Waals surface area (Å²) in [5.74, 6) is -0.760. The number of fused-ring (bicyclic) bond motifs is 1. The maximum Gasteiger partial charge on any atom is 0.340 e. The summed E-state index contributed by atoms with van der Waals surface area (Å²) >= 11 is 11.5. The number of nitro groups is 1. The van der Waals surface area contributed by atoms with E-state index in [-0.39, 0.29) is 38.2 Å². The van der Waals surface area contributed by atoms with E-state index in [1.807, 2.05) is 0 Å². The topological polar surface area (TPSA) is 95.2 Å². The average Bonchev–Trinajstić information content (AvgIpc) is 2.39. The summed E-state index contributed by atoms with van der Waals surface area (Å²) in [4.78, 5) is 30.1. The highest BCUT2D eigenvalue weighted by molar-refractivity contribution is 6.40. The van der Waals surface area contributed by atoms with Crippen molar-refractivity contribution in [2.24, 2.45) is 0 Å². The first-order valence-electron chi connectivity index (χ1n) is 5.25. The average molecular weight is 316 g/mol. The van der Waals surface area contributed by atoms with Gasteiger partial charge in [-0.05, 0) is 6.92 Å². The van der Waals surface area contributed by atoms with Crippen molar-refractivity contribution in [1.82, 2.24) is 9.97 Å². The lowest BCUT2D eigenvalue weighted by molar-refractivity contribution is -0.385. The molecule has 1 heterocycles. The SMILES string of the molecule is COC(=O)c1c(C)c([N+](=O)[O-])cc2nc(Cl)c(Cl)nc12. The zero-order valence-corrected chi connectivity index (χ0v) is 11.8. The van der Waals surface area contributed by atoms with Crippen LogP contribution < -0.4 is 0 Å². The third-order valence-electron chi connectivity index (χ3n) is 2.70. The van der Waals surface area contributed by atoms with Crippen molar-refractivity contribution in [2.75, 3.05) is 7.11 Å². The Bertz CT molecular complexity index is 748. The molecule has 0 fully saturated rings. The summed E-state index contributed by atoms with van der Waals surface area (Å²) in [5.41, 5.74) is 0.00171. The van der Waals surface area contributed by atoms with Gasteiger partial charge in [-0.3, -0.25) is 10.1 Å². The van der Waals surface area contributed by atoms with Gasteiger partial charge in [-0.1, -0.05) is 23.2 Å². The molecule has 0 saturated carbocycles. The molecule has 2 rings (SSSR count). The van der Waals surface area contributed by atoms with Gasteiger partial charge in [-0.15, -0.1) is 0 Å². The Hall–Kier alpha value is -1.99. The number of benzene rings is 1. The van der Waals surface area contributed by atoms with Gasteiger partial charge in [0.25, 0.3) is 5.69 Å². The van der Waals surface area contributed by atoms with Crippen LogP contribution >= 0.6 is 23.2 Å². The van der Waals surface area contributed by atoms with Crippen LogP contribution in [0.4, 0.5) is 5.69 Å². The van der Waals surface area contributed by atoms with Gasteiger partial charge in [-0.2, -0.15) is 0 Å². The fraction of sp³-hybridized carbons (Fsp3) is 0.182. The molecule has 0 radical (unpaired) electrons. The molecular formula is C11H7Cl2N3O4. The number of carbonyl (C=O) groups is 1. The van der Waals surface area contributed by atoms with E-state index < -0.39 is 10.9 Å². The van der Waals surface area contributed by atoms with Gasteiger partial charge in [0.2, 0.25) is 0 Å². The Morgan fingerprint density at radius 3 is 2.50 bits per heavy atom. The summed E-state index contributed by atoms with van der Waals surface area (Å²) in [6.07, 6.45) is 0. The van der Waals surface area contributed by atoms with E-state index in [1.165, 1.54) is 13.0 Å². The molecule has 104 valence electrons. The van der Waals surface area contributed by atoms with E-state index in [9.17, 15) is 14.9 Å². The zero-order chi connectivity index (χ0) is 15.0. The molecule has 0 unspecified atom stereocenters. The number of methoxy groups -OCH3 is 1. The van der Waals surface area contributed by atoms with Crippen molar-refractivity contribution in [3.8, 4) is 0 Å². The molecule has 1 aromatic heterocycles. The molecule has 0 bridgehead atoms. The highest BCUT2D eigenvalue weighted by Crippen LogP contribution is 2.31. The number of ether oxygens (including phenoxy) is 1. The van der Waals surface area contributed by atoms with E-state index >= 15 is 0 Å². The highest BCUT2D eigenvalue weighted by Gasteiger charge is 2.25. The van der Waals surface area contributed by atoms with Gasteiger partial charge >= 0.3 is 5.97 Å². The monoisotopic (exact) mass is 315 g/mol. The number of carbonyl (C=O) groups excluding carboxylic acids is 1. The molecule has 0 aliphatic carbocycles. The minimum Gasteiger partial charge on any atom is -0.465 e. The molecule has 1 aromatic carbocycles. The summed E-state index contributed by atoms with van der Waals surface area (Å²) in [6, 6.07) is 1.19. The second-order valence-corrected chi connectivity index (χ2v) is 4.53. The number of halogens is 2. The number of hydrogen-bond donors (Lipinski definition) is 0. The smallest absolute Gasteiger partial charge is 0.340 e. The number of nitro benzene ring substituents is 1. The summed E-state index contributed by atoms with van der Waals surface area (Å²) in [6.45, 7) is 1.42. The molecule has 7 nitrogen and oxygen atoms in total. The first kappa shape index (κ1) is 14.4. The zero-order valence-electron chi connectivity index (χ0n) is 10.3. The van der Waals surface area contributed by atoms with E-state index in [4.69, 9.17) is 23.2 Å². The number of aromatic nitrogens is 2. The lowest BCUT2D eigenvalue weighted by Gasteiger charge is -2.08. The van der Waals surface area contributed by atoms with Crippen LogP contribution in [0.15, 0.2) is 6.07 Å². The first-order valence-corrected chi connectivity index (χ1v) is 6.01. The molecule has 0 amide bonds. The number of esters is 1. The number of rotatable bonds is 2. The van der Waals surface area contributed by atoms with Crippen LogP contribution in [0.5, 0.6) is 0 Å². The second kappa shape index (κ2) is 5.18. The molecule has 0 aliphatic rings. The Balaban J connectivity index is 2.97. The van der Waals surface area contributed by atoms with Crippen LogP contribution in [0, 0.1) is 17.0 Å². The van der Waals surface area contributed by atoms with Crippen molar-refractivity contribution in [3.05, 3.63) is 37.6 Å². The van der Waals surface area contributed by atoms with Crippen LogP contribution in [0.3, 0.4) is 0 Å². The highest BCUT2D eigenvalue weighted by atomic mass is 35.5. The van der Waals surface area contributed by atoms with Gasteiger partial charge in [0.1, 0.15) is 5.52 Å². The normalized spacial score (nSPS) is 10.6. The first-order chi connectivity index (χ1) is 9.36. The van der Waals surface area contributed by atoms with E-state index in [0.717, 1.165) is 7.11 Å². The largest absolute Gasteiger partial charge is 0.465 e. The van der Waals surface area contributed by atoms with Crippen molar-refractivity contribution in [3.63, 3.8) is 0 Å². The standard InChI is InChI=1S/C11H7Cl2N3O4/c1-4-6(16(18)19)3-5-8(7(4)11(17)20-2)15-10(13)9(12)14-5/h3H,1-2H3. The molecule has 0 saturated heterocycles. The van der Waals surface area contributed by atoms with Crippen molar-refractivity contribution in [1.29, 1.82) is 0 Å². The Morgan fingerprint density at radius 1 is 1.35 bits per heavy atom. The minimum atomic E-state index is -0.760. The Kier molecular flexibility index (Phi) is 3.74. The van der Waals surface area contributed by atoms with E-state index in [0.29, 0.717) is 0 Å². The van der Waals surface area contributed by atoms with E-state index in [1.54, 1.807) is 0 Å².